The number of H-pyrrole nitrogens is 1. The number of thioether (sulfide) groups is 1. The summed E-state index contributed by atoms with van der Waals surface area (Å²) in [7, 11) is 0. The molecule has 0 fully saturated rings. The second kappa shape index (κ2) is 8.46. The quantitative estimate of drug-likeness (QED) is 0.588. The minimum Gasteiger partial charge on any atom is -0.325 e. The van der Waals surface area contributed by atoms with Crippen molar-refractivity contribution in [3.05, 3.63) is 50.4 Å². The Morgan fingerprint density at radius 2 is 2.22 bits per heavy atom. The van der Waals surface area contributed by atoms with E-state index in [1.165, 1.54) is 11.8 Å². The van der Waals surface area contributed by atoms with E-state index in [0.29, 0.717) is 28.5 Å². The monoisotopic (exact) mass is 406 g/mol. The number of amides is 1. The highest BCUT2D eigenvalue weighted by Crippen LogP contribution is 2.21. The van der Waals surface area contributed by atoms with Crippen molar-refractivity contribution in [2.45, 2.75) is 44.9 Å². The number of rotatable bonds is 5. The van der Waals surface area contributed by atoms with Gasteiger partial charge in [-0.05, 0) is 38.5 Å². The molecule has 1 amide bonds. The van der Waals surface area contributed by atoms with Crippen LogP contribution in [-0.4, -0.2) is 39.1 Å². The number of nitrogens with one attached hydrogen (secondary N) is 2. The first-order valence-electron chi connectivity index (χ1n) is 8.88. The van der Waals surface area contributed by atoms with Crippen molar-refractivity contribution in [3.63, 3.8) is 0 Å². The summed E-state index contributed by atoms with van der Waals surface area (Å²) in [5.41, 5.74) is 3.06. The molecule has 0 atom stereocenters. The summed E-state index contributed by atoms with van der Waals surface area (Å²) in [6.07, 6.45) is 0.749. The SMILES string of the molecule is Cc1ccc(NC(=O)CSc2nc3c(c(=O)[nH]2)CN(C(C)C)CC3)cc1Cl. The number of hydrogen-bond acceptors (Lipinski definition) is 5. The van der Waals surface area contributed by atoms with Crippen LogP contribution in [0.25, 0.3) is 0 Å². The number of aromatic amines is 1. The average Bonchev–Trinajstić information content (AvgIpc) is 2.63. The first-order valence-corrected chi connectivity index (χ1v) is 10.2. The molecule has 1 aromatic carbocycles. The van der Waals surface area contributed by atoms with E-state index in [0.717, 1.165) is 29.8 Å². The summed E-state index contributed by atoms with van der Waals surface area (Å²) >= 11 is 7.30. The zero-order valence-electron chi connectivity index (χ0n) is 15.6. The smallest absolute Gasteiger partial charge is 0.256 e. The van der Waals surface area contributed by atoms with Gasteiger partial charge in [0, 0.05) is 36.3 Å². The van der Waals surface area contributed by atoms with Gasteiger partial charge in [-0.1, -0.05) is 29.4 Å². The van der Waals surface area contributed by atoms with E-state index in [1.807, 2.05) is 19.1 Å². The molecule has 27 heavy (non-hydrogen) atoms. The van der Waals surface area contributed by atoms with Crippen LogP contribution in [0.15, 0.2) is 28.2 Å². The lowest BCUT2D eigenvalue weighted by Crippen LogP contribution is -2.39. The molecule has 2 heterocycles. The van der Waals surface area contributed by atoms with E-state index < -0.39 is 0 Å². The number of anilines is 1. The number of nitrogens with zero attached hydrogens (tertiary/aromatic N) is 2. The number of halogens is 1. The summed E-state index contributed by atoms with van der Waals surface area (Å²) in [5.74, 6) is -0.0167. The zero-order chi connectivity index (χ0) is 19.6. The minimum atomic E-state index is -0.175. The summed E-state index contributed by atoms with van der Waals surface area (Å²) in [6.45, 7) is 7.66. The standard InChI is InChI=1S/C19H23ClN4O2S/c1-11(2)24-7-6-16-14(9-24)18(26)23-19(22-16)27-10-17(25)21-13-5-4-12(3)15(20)8-13/h4-5,8,11H,6-7,9-10H2,1-3H3,(H,21,25)(H,22,23,26). The van der Waals surface area contributed by atoms with Gasteiger partial charge in [0.2, 0.25) is 5.91 Å². The van der Waals surface area contributed by atoms with Gasteiger partial charge < -0.3 is 10.3 Å². The number of carbonyl (C=O) groups excluding carboxylic acids is 1. The zero-order valence-corrected chi connectivity index (χ0v) is 17.2. The largest absolute Gasteiger partial charge is 0.325 e. The number of benzene rings is 1. The Morgan fingerprint density at radius 3 is 2.93 bits per heavy atom. The van der Waals surface area contributed by atoms with Crippen LogP contribution < -0.4 is 10.9 Å². The van der Waals surface area contributed by atoms with Crippen LogP contribution in [-0.2, 0) is 17.8 Å². The Hall–Kier alpha value is -1.83. The third kappa shape index (κ3) is 4.91. The van der Waals surface area contributed by atoms with Crippen LogP contribution in [0.2, 0.25) is 5.02 Å². The lowest BCUT2D eigenvalue weighted by molar-refractivity contribution is -0.113. The predicted octanol–water partition coefficient (Wildman–Crippen LogP) is 3.23. The fourth-order valence-corrected chi connectivity index (χ4v) is 3.79. The molecule has 1 aliphatic heterocycles. The van der Waals surface area contributed by atoms with Crippen LogP contribution in [0.5, 0.6) is 0 Å². The van der Waals surface area contributed by atoms with Crippen molar-refractivity contribution < 1.29 is 4.79 Å². The Kier molecular flexibility index (Phi) is 6.24. The molecular formula is C19H23ClN4O2S. The fraction of sp³-hybridized carbons (Fsp3) is 0.421. The molecule has 6 nitrogen and oxygen atoms in total. The summed E-state index contributed by atoms with van der Waals surface area (Å²) in [5, 5.41) is 3.89. The molecule has 8 heteroatoms. The first kappa shape index (κ1) is 19.9. The molecule has 144 valence electrons. The van der Waals surface area contributed by atoms with Crippen LogP contribution in [0, 0.1) is 6.92 Å². The van der Waals surface area contributed by atoms with Crippen molar-refractivity contribution >= 4 is 35.0 Å². The highest BCUT2D eigenvalue weighted by Gasteiger charge is 2.22. The van der Waals surface area contributed by atoms with Gasteiger partial charge >= 0.3 is 0 Å². The van der Waals surface area contributed by atoms with Crippen molar-refractivity contribution in [1.29, 1.82) is 0 Å². The average molecular weight is 407 g/mol. The van der Waals surface area contributed by atoms with Crippen LogP contribution in [0.3, 0.4) is 0 Å². The molecule has 2 aromatic rings. The molecular weight excluding hydrogens is 384 g/mol. The number of hydrogen-bond donors (Lipinski definition) is 2. The molecule has 0 unspecified atom stereocenters. The van der Waals surface area contributed by atoms with E-state index in [2.05, 4.69) is 34.0 Å². The molecule has 0 radical (unpaired) electrons. The minimum absolute atomic E-state index is 0.112. The molecule has 0 bridgehead atoms. The summed E-state index contributed by atoms with van der Waals surface area (Å²) < 4.78 is 0. The number of fused-ring (bicyclic) bond motifs is 1. The van der Waals surface area contributed by atoms with Crippen LogP contribution in [0.1, 0.15) is 30.7 Å². The van der Waals surface area contributed by atoms with E-state index in [4.69, 9.17) is 11.6 Å². The fourth-order valence-electron chi connectivity index (χ4n) is 2.93. The highest BCUT2D eigenvalue weighted by atomic mass is 35.5. The van der Waals surface area contributed by atoms with Crippen LogP contribution in [0.4, 0.5) is 5.69 Å². The lowest BCUT2D eigenvalue weighted by atomic mass is 10.1. The van der Waals surface area contributed by atoms with E-state index >= 15 is 0 Å². The van der Waals surface area contributed by atoms with E-state index in [1.54, 1.807) is 6.07 Å². The van der Waals surface area contributed by atoms with Gasteiger partial charge in [0.15, 0.2) is 5.16 Å². The Bertz CT molecular complexity index is 913. The Balaban J connectivity index is 1.63. The molecule has 0 saturated carbocycles. The maximum atomic E-state index is 12.4. The number of aromatic nitrogens is 2. The van der Waals surface area contributed by atoms with E-state index in [9.17, 15) is 9.59 Å². The van der Waals surface area contributed by atoms with Crippen LogP contribution >= 0.6 is 23.4 Å². The Labute approximate surface area is 167 Å². The maximum absolute atomic E-state index is 12.4. The third-order valence-electron chi connectivity index (χ3n) is 4.60. The van der Waals surface area contributed by atoms with Gasteiger partial charge in [0.25, 0.3) is 5.56 Å². The Morgan fingerprint density at radius 1 is 1.44 bits per heavy atom. The maximum Gasteiger partial charge on any atom is 0.256 e. The normalized spacial score (nSPS) is 14.3. The van der Waals surface area contributed by atoms with Crippen molar-refractivity contribution in [2.24, 2.45) is 0 Å². The first-order chi connectivity index (χ1) is 12.8. The second-order valence-electron chi connectivity index (χ2n) is 6.91. The molecule has 0 saturated heterocycles. The highest BCUT2D eigenvalue weighted by molar-refractivity contribution is 7.99. The molecule has 0 spiro atoms. The number of aryl methyl sites for hydroxylation is 1. The molecule has 2 N–H and O–H groups in total. The molecule has 1 aromatic heterocycles. The van der Waals surface area contributed by atoms with Crippen molar-refractivity contribution in [1.82, 2.24) is 14.9 Å². The van der Waals surface area contributed by atoms with Gasteiger partial charge in [-0.3, -0.25) is 14.5 Å². The molecule has 1 aliphatic rings. The van der Waals surface area contributed by atoms with Gasteiger partial charge in [-0.15, -0.1) is 0 Å². The van der Waals surface area contributed by atoms with E-state index in [-0.39, 0.29) is 17.2 Å². The second-order valence-corrected chi connectivity index (χ2v) is 8.28. The van der Waals surface area contributed by atoms with Gasteiger partial charge in [-0.2, -0.15) is 0 Å². The third-order valence-corrected chi connectivity index (χ3v) is 5.88. The topological polar surface area (TPSA) is 78.1 Å². The summed E-state index contributed by atoms with van der Waals surface area (Å²) in [6, 6.07) is 5.78. The summed E-state index contributed by atoms with van der Waals surface area (Å²) in [4.78, 5) is 34.2. The van der Waals surface area contributed by atoms with Crippen molar-refractivity contribution in [2.75, 3.05) is 17.6 Å². The van der Waals surface area contributed by atoms with Crippen molar-refractivity contribution in [3.8, 4) is 0 Å². The predicted molar refractivity (Wildman–Crippen MR) is 110 cm³/mol. The molecule has 3 rings (SSSR count). The van der Waals surface area contributed by atoms with Gasteiger partial charge in [0.1, 0.15) is 0 Å². The number of carbonyl (C=O) groups is 1. The van der Waals surface area contributed by atoms with Gasteiger partial charge in [0.05, 0.1) is 17.0 Å². The molecule has 0 aliphatic carbocycles. The lowest BCUT2D eigenvalue weighted by Gasteiger charge is -2.30. The van der Waals surface area contributed by atoms with Gasteiger partial charge in [-0.25, -0.2) is 4.98 Å².